The molecule has 0 radical (unpaired) electrons. The lowest BCUT2D eigenvalue weighted by atomic mass is 10.1. The zero-order chi connectivity index (χ0) is 21.1. The van der Waals surface area contributed by atoms with Crippen molar-refractivity contribution in [3.05, 3.63) is 83.6 Å². The van der Waals surface area contributed by atoms with Gasteiger partial charge in [0, 0.05) is 17.0 Å². The number of carbonyl (C=O) groups is 2. The third-order valence-electron chi connectivity index (χ3n) is 4.67. The Bertz CT molecular complexity index is 1230. The fraction of sp³-hybridized carbons (Fsp3) is 0.130. The van der Waals surface area contributed by atoms with E-state index < -0.39 is 0 Å². The molecule has 0 aliphatic carbocycles. The standard InChI is InChI=1S/C23H21N5O2/c1-15-12-20(25-19-11-7-6-10-18(15)19)28-21(13-16(2)27-28)26-22(29)14-24-23(30)17-8-4-3-5-9-17/h3-13H,14H2,1-2H3,(H,24,30)(H,26,29). The number of aromatic nitrogens is 3. The summed E-state index contributed by atoms with van der Waals surface area (Å²) in [5.41, 5.74) is 3.16. The first-order valence-electron chi connectivity index (χ1n) is 9.58. The predicted octanol–water partition coefficient (Wildman–Crippen LogP) is 3.41. The molecule has 2 heterocycles. The number of nitrogens with one attached hydrogen (secondary N) is 2. The average molecular weight is 399 g/mol. The highest BCUT2D eigenvalue weighted by molar-refractivity contribution is 5.99. The van der Waals surface area contributed by atoms with Crippen LogP contribution in [0.2, 0.25) is 0 Å². The third kappa shape index (κ3) is 4.05. The molecule has 0 unspecified atom stereocenters. The maximum absolute atomic E-state index is 12.4. The van der Waals surface area contributed by atoms with E-state index in [2.05, 4.69) is 20.7 Å². The van der Waals surface area contributed by atoms with E-state index in [0.717, 1.165) is 22.2 Å². The number of amides is 2. The number of aryl methyl sites for hydroxylation is 2. The Morgan fingerprint density at radius 2 is 1.70 bits per heavy atom. The molecular weight excluding hydrogens is 378 g/mol. The highest BCUT2D eigenvalue weighted by Gasteiger charge is 2.14. The van der Waals surface area contributed by atoms with Gasteiger partial charge >= 0.3 is 0 Å². The number of nitrogens with zero attached hydrogens (tertiary/aromatic N) is 3. The lowest BCUT2D eigenvalue weighted by Crippen LogP contribution is -2.33. The van der Waals surface area contributed by atoms with Gasteiger partial charge in [-0.15, -0.1) is 0 Å². The Kier molecular flexibility index (Phi) is 5.26. The second-order valence-electron chi connectivity index (χ2n) is 6.99. The van der Waals surface area contributed by atoms with Gasteiger partial charge in [0.25, 0.3) is 5.91 Å². The van der Waals surface area contributed by atoms with E-state index in [9.17, 15) is 9.59 Å². The summed E-state index contributed by atoms with van der Waals surface area (Å²) >= 11 is 0. The predicted molar refractivity (Wildman–Crippen MR) is 116 cm³/mol. The molecule has 4 rings (SSSR count). The van der Waals surface area contributed by atoms with Gasteiger partial charge in [0.15, 0.2) is 5.82 Å². The lowest BCUT2D eigenvalue weighted by Gasteiger charge is -2.11. The summed E-state index contributed by atoms with van der Waals surface area (Å²) in [7, 11) is 0. The summed E-state index contributed by atoms with van der Waals surface area (Å²) in [6, 6.07) is 20.3. The highest BCUT2D eigenvalue weighted by atomic mass is 16.2. The van der Waals surface area contributed by atoms with Gasteiger partial charge in [0.1, 0.15) is 5.82 Å². The van der Waals surface area contributed by atoms with E-state index >= 15 is 0 Å². The normalized spacial score (nSPS) is 10.7. The fourth-order valence-corrected chi connectivity index (χ4v) is 3.24. The second kappa shape index (κ2) is 8.16. The SMILES string of the molecule is Cc1cc(NC(=O)CNC(=O)c2ccccc2)n(-c2cc(C)c3ccccc3n2)n1. The van der Waals surface area contributed by atoms with Crippen molar-refractivity contribution < 1.29 is 9.59 Å². The average Bonchev–Trinajstić information content (AvgIpc) is 3.12. The molecule has 7 nitrogen and oxygen atoms in total. The van der Waals surface area contributed by atoms with Crippen molar-refractivity contribution in [1.82, 2.24) is 20.1 Å². The molecular formula is C23H21N5O2. The Balaban J connectivity index is 1.52. The molecule has 7 heteroatoms. The fourth-order valence-electron chi connectivity index (χ4n) is 3.24. The molecule has 0 atom stereocenters. The first-order chi connectivity index (χ1) is 14.5. The van der Waals surface area contributed by atoms with Crippen LogP contribution >= 0.6 is 0 Å². The summed E-state index contributed by atoms with van der Waals surface area (Å²) in [5, 5.41) is 11.0. The van der Waals surface area contributed by atoms with Crippen LogP contribution < -0.4 is 10.6 Å². The molecule has 0 aliphatic heterocycles. The summed E-state index contributed by atoms with van der Waals surface area (Å²) < 4.78 is 1.60. The molecule has 0 spiro atoms. The highest BCUT2D eigenvalue weighted by Crippen LogP contribution is 2.22. The van der Waals surface area contributed by atoms with Crippen molar-refractivity contribution in [1.29, 1.82) is 0 Å². The molecule has 150 valence electrons. The van der Waals surface area contributed by atoms with Crippen molar-refractivity contribution in [3.8, 4) is 5.82 Å². The van der Waals surface area contributed by atoms with E-state index in [0.29, 0.717) is 17.2 Å². The van der Waals surface area contributed by atoms with E-state index in [1.165, 1.54) is 0 Å². The van der Waals surface area contributed by atoms with Crippen LogP contribution in [0.1, 0.15) is 21.6 Å². The Morgan fingerprint density at radius 3 is 2.50 bits per heavy atom. The minimum atomic E-state index is -0.349. The summed E-state index contributed by atoms with van der Waals surface area (Å²) in [6.45, 7) is 3.71. The number of hydrogen-bond acceptors (Lipinski definition) is 4. The minimum absolute atomic E-state index is 0.151. The number of hydrogen-bond donors (Lipinski definition) is 2. The maximum atomic E-state index is 12.4. The minimum Gasteiger partial charge on any atom is -0.343 e. The van der Waals surface area contributed by atoms with Gasteiger partial charge in [-0.1, -0.05) is 36.4 Å². The number of rotatable bonds is 5. The number of anilines is 1. The van der Waals surface area contributed by atoms with Crippen LogP contribution in [-0.2, 0) is 4.79 Å². The maximum Gasteiger partial charge on any atom is 0.251 e. The van der Waals surface area contributed by atoms with Crippen LogP contribution in [0.25, 0.3) is 16.7 Å². The molecule has 0 aliphatic rings. The Morgan fingerprint density at radius 1 is 0.967 bits per heavy atom. The molecule has 2 amide bonds. The quantitative estimate of drug-likeness (QED) is 0.538. The van der Waals surface area contributed by atoms with Crippen molar-refractivity contribution >= 4 is 28.5 Å². The topological polar surface area (TPSA) is 88.9 Å². The van der Waals surface area contributed by atoms with Crippen LogP contribution in [0.3, 0.4) is 0 Å². The summed E-state index contributed by atoms with van der Waals surface area (Å²) in [4.78, 5) is 29.3. The van der Waals surface area contributed by atoms with E-state index in [4.69, 9.17) is 0 Å². The van der Waals surface area contributed by atoms with Gasteiger partial charge in [-0.2, -0.15) is 9.78 Å². The van der Waals surface area contributed by atoms with Gasteiger partial charge in [-0.05, 0) is 43.7 Å². The van der Waals surface area contributed by atoms with Crippen molar-refractivity contribution in [2.75, 3.05) is 11.9 Å². The lowest BCUT2D eigenvalue weighted by molar-refractivity contribution is -0.115. The van der Waals surface area contributed by atoms with Gasteiger partial charge < -0.3 is 10.6 Å². The largest absolute Gasteiger partial charge is 0.343 e. The van der Waals surface area contributed by atoms with Crippen LogP contribution in [0.15, 0.2) is 66.7 Å². The van der Waals surface area contributed by atoms with Crippen molar-refractivity contribution in [3.63, 3.8) is 0 Å². The monoisotopic (exact) mass is 399 g/mol. The van der Waals surface area contributed by atoms with Crippen molar-refractivity contribution in [2.24, 2.45) is 0 Å². The van der Waals surface area contributed by atoms with Gasteiger partial charge in [-0.25, -0.2) is 4.98 Å². The van der Waals surface area contributed by atoms with Crippen LogP contribution in [-0.4, -0.2) is 33.1 Å². The van der Waals surface area contributed by atoms with Crippen molar-refractivity contribution in [2.45, 2.75) is 13.8 Å². The molecule has 0 fully saturated rings. The van der Waals surface area contributed by atoms with Crippen LogP contribution in [0.5, 0.6) is 0 Å². The zero-order valence-electron chi connectivity index (χ0n) is 16.7. The molecule has 0 bridgehead atoms. The first kappa shape index (κ1) is 19.3. The van der Waals surface area contributed by atoms with Crippen LogP contribution in [0, 0.1) is 13.8 Å². The first-order valence-corrected chi connectivity index (χ1v) is 9.58. The second-order valence-corrected chi connectivity index (χ2v) is 6.99. The third-order valence-corrected chi connectivity index (χ3v) is 4.67. The molecule has 2 aromatic heterocycles. The van der Waals surface area contributed by atoms with E-state index in [1.807, 2.05) is 50.2 Å². The number of para-hydroxylation sites is 1. The molecule has 2 N–H and O–H groups in total. The smallest absolute Gasteiger partial charge is 0.251 e. The number of fused-ring (bicyclic) bond motifs is 1. The van der Waals surface area contributed by atoms with Crippen LogP contribution in [0.4, 0.5) is 5.82 Å². The number of pyridine rings is 1. The number of carbonyl (C=O) groups excluding carboxylic acids is 2. The molecule has 2 aromatic carbocycles. The van der Waals surface area contributed by atoms with E-state index in [-0.39, 0.29) is 18.4 Å². The number of benzene rings is 2. The summed E-state index contributed by atoms with van der Waals surface area (Å²) in [5.74, 6) is 0.455. The molecule has 0 saturated heterocycles. The van der Waals surface area contributed by atoms with Gasteiger partial charge in [0.05, 0.1) is 17.8 Å². The Labute approximate surface area is 173 Å². The Hall–Kier alpha value is -4.00. The zero-order valence-corrected chi connectivity index (χ0v) is 16.7. The summed E-state index contributed by atoms with van der Waals surface area (Å²) in [6.07, 6.45) is 0. The molecule has 0 saturated carbocycles. The van der Waals surface area contributed by atoms with Gasteiger partial charge in [-0.3, -0.25) is 9.59 Å². The van der Waals surface area contributed by atoms with Gasteiger partial charge in [0.2, 0.25) is 5.91 Å². The van der Waals surface area contributed by atoms with E-state index in [1.54, 1.807) is 35.0 Å². The molecule has 30 heavy (non-hydrogen) atoms. The molecule has 4 aromatic rings.